The second kappa shape index (κ2) is 8.42. The number of H-pyrrole nitrogens is 2. The van der Waals surface area contributed by atoms with Crippen LogP contribution in [0.25, 0.3) is 11.0 Å². The Morgan fingerprint density at radius 1 is 1.00 bits per heavy atom. The number of nitrogens with one attached hydrogen (secondary N) is 4. The lowest BCUT2D eigenvalue weighted by atomic mass is 10.0. The van der Waals surface area contributed by atoms with Crippen molar-refractivity contribution in [2.75, 3.05) is 12.4 Å². The molecular weight excluding hydrogens is 376 g/mol. The van der Waals surface area contributed by atoms with Gasteiger partial charge in [-0.05, 0) is 35.9 Å². The average Bonchev–Trinajstić information content (AvgIpc) is 2.68. The summed E-state index contributed by atoms with van der Waals surface area (Å²) in [5.41, 5.74) is 0.527. The number of aromatic nitrogens is 2. The number of carbonyl (C=O) groups is 2. The molecule has 0 spiro atoms. The Bertz CT molecular complexity index is 1160. The molecule has 3 rings (SSSR count). The SMILES string of the molecule is COc1ccc([C@H](CC(=O)Nc2ccc3[nH]c(=O)c(=O)[nH]c3c2)NC(C)=O)cc1. The number of methoxy groups -OCH3 is 1. The van der Waals surface area contributed by atoms with Crippen LogP contribution in [0.2, 0.25) is 0 Å². The van der Waals surface area contributed by atoms with E-state index in [0.29, 0.717) is 22.5 Å². The van der Waals surface area contributed by atoms with E-state index >= 15 is 0 Å². The van der Waals surface area contributed by atoms with E-state index in [1.807, 2.05) is 0 Å². The first-order valence-corrected chi connectivity index (χ1v) is 8.83. The van der Waals surface area contributed by atoms with Crippen molar-refractivity contribution < 1.29 is 14.3 Å². The molecule has 150 valence electrons. The van der Waals surface area contributed by atoms with Gasteiger partial charge in [0.25, 0.3) is 0 Å². The van der Waals surface area contributed by atoms with Gasteiger partial charge in [-0.1, -0.05) is 12.1 Å². The molecule has 3 aromatic rings. The number of rotatable bonds is 6. The van der Waals surface area contributed by atoms with Crippen molar-refractivity contribution >= 4 is 28.5 Å². The first-order valence-electron chi connectivity index (χ1n) is 8.83. The second-order valence-electron chi connectivity index (χ2n) is 6.45. The van der Waals surface area contributed by atoms with Crippen LogP contribution >= 0.6 is 0 Å². The fraction of sp³-hybridized carbons (Fsp3) is 0.200. The van der Waals surface area contributed by atoms with Gasteiger partial charge in [0.05, 0.1) is 30.6 Å². The van der Waals surface area contributed by atoms with Gasteiger partial charge in [-0.2, -0.15) is 0 Å². The topological polar surface area (TPSA) is 133 Å². The van der Waals surface area contributed by atoms with E-state index in [1.54, 1.807) is 49.6 Å². The Balaban J connectivity index is 1.77. The van der Waals surface area contributed by atoms with Crippen molar-refractivity contribution in [2.45, 2.75) is 19.4 Å². The van der Waals surface area contributed by atoms with Crippen molar-refractivity contribution in [3.8, 4) is 5.75 Å². The number of carbonyl (C=O) groups excluding carboxylic acids is 2. The summed E-state index contributed by atoms with van der Waals surface area (Å²) < 4.78 is 5.13. The van der Waals surface area contributed by atoms with E-state index in [-0.39, 0.29) is 18.2 Å². The highest BCUT2D eigenvalue weighted by atomic mass is 16.5. The predicted octanol–water partition coefficient (Wildman–Crippen LogP) is 1.43. The van der Waals surface area contributed by atoms with Gasteiger partial charge in [0, 0.05) is 12.6 Å². The number of anilines is 1. The monoisotopic (exact) mass is 396 g/mol. The average molecular weight is 396 g/mol. The molecule has 9 nitrogen and oxygen atoms in total. The molecule has 0 radical (unpaired) electrons. The van der Waals surface area contributed by atoms with Crippen molar-refractivity contribution in [1.82, 2.24) is 15.3 Å². The molecule has 9 heteroatoms. The summed E-state index contributed by atoms with van der Waals surface area (Å²) in [6, 6.07) is 11.3. The summed E-state index contributed by atoms with van der Waals surface area (Å²) in [6.45, 7) is 1.38. The third-order valence-corrected chi connectivity index (χ3v) is 4.29. The van der Waals surface area contributed by atoms with Crippen molar-refractivity contribution in [3.63, 3.8) is 0 Å². The third-order valence-electron chi connectivity index (χ3n) is 4.29. The van der Waals surface area contributed by atoms with Gasteiger partial charge in [-0.25, -0.2) is 0 Å². The van der Waals surface area contributed by atoms with Crippen LogP contribution in [-0.4, -0.2) is 28.9 Å². The summed E-state index contributed by atoms with van der Waals surface area (Å²) in [4.78, 5) is 51.9. The lowest BCUT2D eigenvalue weighted by molar-refractivity contribution is -0.120. The quantitative estimate of drug-likeness (QED) is 0.468. The minimum atomic E-state index is -0.772. The lowest BCUT2D eigenvalue weighted by Crippen LogP contribution is -2.30. The first kappa shape index (κ1) is 19.9. The van der Waals surface area contributed by atoms with Gasteiger partial charge in [-0.3, -0.25) is 19.2 Å². The van der Waals surface area contributed by atoms with Crippen LogP contribution in [0.1, 0.15) is 24.9 Å². The van der Waals surface area contributed by atoms with Crippen molar-refractivity contribution in [3.05, 3.63) is 68.7 Å². The molecule has 4 N–H and O–H groups in total. The maximum absolute atomic E-state index is 12.5. The highest BCUT2D eigenvalue weighted by Gasteiger charge is 2.17. The molecule has 1 atom stereocenters. The first-order chi connectivity index (χ1) is 13.9. The molecule has 0 saturated carbocycles. The molecule has 2 amide bonds. The summed E-state index contributed by atoms with van der Waals surface area (Å²) in [5, 5.41) is 5.50. The predicted molar refractivity (Wildman–Crippen MR) is 108 cm³/mol. The number of benzene rings is 2. The third kappa shape index (κ3) is 4.89. The van der Waals surface area contributed by atoms with Crippen molar-refractivity contribution in [1.29, 1.82) is 0 Å². The Hall–Kier alpha value is -3.88. The number of fused-ring (bicyclic) bond motifs is 1. The van der Waals surface area contributed by atoms with E-state index in [9.17, 15) is 19.2 Å². The number of aromatic amines is 2. The molecule has 1 heterocycles. The molecule has 0 bridgehead atoms. The molecule has 0 aliphatic carbocycles. The normalized spacial score (nSPS) is 11.7. The maximum atomic E-state index is 12.5. The highest BCUT2D eigenvalue weighted by Crippen LogP contribution is 2.22. The summed E-state index contributed by atoms with van der Waals surface area (Å²) in [5.74, 6) is 0.0829. The summed E-state index contributed by atoms with van der Waals surface area (Å²) in [6.07, 6.45) is 0.00604. The Kier molecular flexibility index (Phi) is 5.77. The largest absolute Gasteiger partial charge is 0.497 e. The molecule has 0 aliphatic heterocycles. The molecule has 29 heavy (non-hydrogen) atoms. The van der Waals surface area contributed by atoms with Crippen LogP contribution < -0.4 is 26.5 Å². The number of hydrogen-bond acceptors (Lipinski definition) is 5. The van der Waals surface area contributed by atoms with Crippen LogP contribution in [0.4, 0.5) is 5.69 Å². The fourth-order valence-corrected chi connectivity index (χ4v) is 2.92. The van der Waals surface area contributed by atoms with Crippen molar-refractivity contribution in [2.24, 2.45) is 0 Å². The van der Waals surface area contributed by atoms with E-state index in [4.69, 9.17) is 4.74 Å². The Morgan fingerprint density at radius 2 is 1.66 bits per heavy atom. The minimum Gasteiger partial charge on any atom is -0.497 e. The zero-order chi connectivity index (χ0) is 21.0. The lowest BCUT2D eigenvalue weighted by Gasteiger charge is -2.18. The van der Waals surface area contributed by atoms with E-state index in [0.717, 1.165) is 5.56 Å². The van der Waals surface area contributed by atoms with E-state index in [1.165, 1.54) is 6.92 Å². The number of hydrogen-bond donors (Lipinski definition) is 4. The Morgan fingerprint density at radius 3 is 2.28 bits per heavy atom. The molecule has 0 aliphatic rings. The van der Waals surface area contributed by atoms with Crippen LogP contribution in [0, 0.1) is 0 Å². The van der Waals surface area contributed by atoms with E-state index in [2.05, 4.69) is 20.6 Å². The summed E-state index contributed by atoms with van der Waals surface area (Å²) in [7, 11) is 1.56. The smallest absolute Gasteiger partial charge is 0.314 e. The minimum absolute atomic E-state index is 0.00604. The van der Waals surface area contributed by atoms with Gasteiger partial charge in [-0.15, -0.1) is 0 Å². The zero-order valence-electron chi connectivity index (χ0n) is 15.9. The maximum Gasteiger partial charge on any atom is 0.314 e. The highest BCUT2D eigenvalue weighted by molar-refractivity contribution is 5.93. The van der Waals surface area contributed by atoms with Gasteiger partial charge >= 0.3 is 11.1 Å². The second-order valence-corrected chi connectivity index (χ2v) is 6.45. The van der Waals surface area contributed by atoms with Crippen LogP contribution in [0.5, 0.6) is 5.75 Å². The Labute approximate surface area is 165 Å². The van der Waals surface area contributed by atoms with Crippen LogP contribution in [0.3, 0.4) is 0 Å². The van der Waals surface area contributed by atoms with Gasteiger partial charge in [0.2, 0.25) is 11.8 Å². The zero-order valence-corrected chi connectivity index (χ0v) is 15.9. The standard InChI is InChI=1S/C20H20N4O5/c1-11(25)21-16(12-3-6-14(29-2)7-4-12)10-18(26)22-13-5-8-15-17(9-13)24-20(28)19(27)23-15/h3-9,16H,10H2,1-2H3,(H,21,25)(H,22,26)(H,23,27)(H,24,28)/t16-/m0/s1. The molecule has 0 saturated heterocycles. The van der Waals surface area contributed by atoms with Crippen LogP contribution in [0.15, 0.2) is 52.1 Å². The van der Waals surface area contributed by atoms with Gasteiger partial charge in [0.1, 0.15) is 5.75 Å². The molecule has 1 aromatic heterocycles. The molecular formula is C20H20N4O5. The van der Waals surface area contributed by atoms with Gasteiger partial charge < -0.3 is 25.3 Å². The number of amides is 2. The van der Waals surface area contributed by atoms with E-state index < -0.39 is 17.2 Å². The molecule has 0 fully saturated rings. The fourth-order valence-electron chi connectivity index (χ4n) is 2.92. The molecule has 2 aromatic carbocycles. The summed E-state index contributed by atoms with van der Waals surface area (Å²) >= 11 is 0. The van der Waals surface area contributed by atoms with Gasteiger partial charge in [0.15, 0.2) is 0 Å². The molecule has 0 unspecified atom stereocenters. The van der Waals surface area contributed by atoms with Crippen LogP contribution in [-0.2, 0) is 9.59 Å². The number of ether oxygens (including phenoxy) is 1.